The molecule has 0 heterocycles. The Balaban J connectivity index is 2.83. The second-order valence-electron chi connectivity index (χ2n) is 2.67. The fourth-order valence-corrected chi connectivity index (χ4v) is 1.16. The monoisotopic (exact) mass is 176 g/mol. The molecule has 1 rings (SSSR count). The minimum Gasteiger partial charge on any atom is -0.410 e. The normalized spacial score (nSPS) is 9.69. The van der Waals surface area contributed by atoms with Gasteiger partial charge in [0.25, 0.3) is 0 Å². The summed E-state index contributed by atoms with van der Waals surface area (Å²) in [4.78, 5) is 0. The van der Waals surface area contributed by atoms with Crippen molar-refractivity contribution < 1.29 is 9.31 Å². The van der Waals surface area contributed by atoms with Gasteiger partial charge in [0.15, 0.2) is 0 Å². The van der Waals surface area contributed by atoms with E-state index in [1.54, 1.807) is 20.3 Å². The number of hydrogen-bond acceptors (Lipinski definition) is 2. The molecule has 0 aliphatic heterocycles. The lowest BCUT2D eigenvalue weighted by Crippen LogP contribution is -2.34. The molecule has 0 fully saturated rings. The van der Waals surface area contributed by atoms with E-state index >= 15 is 0 Å². The van der Waals surface area contributed by atoms with Crippen molar-refractivity contribution in [2.75, 3.05) is 14.2 Å². The molecule has 0 aromatic heterocycles. The molecule has 0 spiro atoms. The van der Waals surface area contributed by atoms with Gasteiger partial charge in [-0.05, 0) is 11.0 Å². The predicted octanol–water partition coefficient (Wildman–Crippen LogP) is 1.32. The van der Waals surface area contributed by atoms with Crippen LogP contribution in [0.5, 0.6) is 0 Å². The van der Waals surface area contributed by atoms with Gasteiger partial charge in [0, 0.05) is 14.2 Å². The summed E-state index contributed by atoms with van der Waals surface area (Å²) in [5.41, 5.74) is 2.10. The second-order valence-corrected chi connectivity index (χ2v) is 2.67. The van der Waals surface area contributed by atoms with Crippen LogP contribution in [0, 0.1) is 0 Å². The number of hydrogen-bond donors (Lipinski definition) is 0. The highest BCUT2D eigenvalue weighted by atomic mass is 16.6. The zero-order valence-corrected chi connectivity index (χ0v) is 7.99. The van der Waals surface area contributed by atoms with Crippen LogP contribution in [0.1, 0.15) is 5.56 Å². The SMILES string of the molecule is C=Cc1ccc(B(OC)OC)cc1. The van der Waals surface area contributed by atoms with Gasteiger partial charge in [-0.2, -0.15) is 0 Å². The van der Waals surface area contributed by atoms with Crippen molar-refractivity contribution >= 4 is 18.7 Å². The van der Waals surface area contributed by atoms with Gasteiger partial charge in [-0.3, -0.25) is 0 Å². The van der Waals surface area contributed by atoms with Crippen LogP contribution in [0.4, 0.5) is 0 Å². The Kier molecular flexibility index (Phi) is 3.74. The van der Waals surface area contributed by atoms with Crippen LogP contribution in [0.25, 0.3) is 6.08 Å². The molecule has 0 aliphatic carbocycles. The largest absolute Gasteiger partial charge is 0.493 e. The summed E-state index contributed by atoms with van der Waals surface area (Å²) in [5, 5.41) is 0. The van der Waals surface area contributed by atoms with Crippen molar-refractivity contribution in [3.8, 4) is 0 Å². The highest BCUT2D eigenvalue weighted by Gasteiger charge is 2.16. The van der Waals surface area contributed by atoms with Gasteiger partial charge in [0.2, 0.25) is 0 Å². The maximum Gasteiger partial charge on any atom is 0.493 e. The van der Waals surface area contributed by atoms with E-state index < -0.39 is 0 Å². The molecule has 1 aromatic rings. The molecule has 3 heteroatoms. The molecular formula is C10H13BO2. The van der Waals surface area contributed by atoms with Gasteiger partial charge in [-0.1, -0.05) is 36.9 Å². The zero-order chi connectivity index (χ0) is 9.68. The van der Waals surface area contributed by atoms with E-state index in [4.69, 9.17) is 9.31 Å². The van der Waals surface area contributed by atoms with Crippen molar-refractivity contribution in [2.24, 2.45) is 0 Å². The van der Waals surface area contributed by atoms with Gasteiger partial charge in [-0.25, -0.2) is 0 Å². The maximum absolute atomic E-state index is 5.11. The van der Waals surface area contributed by atoms with Gasteiger partial charge in [0.1, 0.15) is 0 Å². The third-order valence-electron chi connectivity index (χ3n) is 1.87. The third-order valence-corrected chi connectivity index (χ3v) is 1.87. The van der Waals surface area contributed by atoms with Crippen molar-refractivity contribution in [3.05, 3.63) is 36.4 Å². The van der Waals surface area contributed by atoms with Gasteiger partial charge in [-0.15, -0.1) is 0 Å². The molecule has 0 saturated heterocycles. The fourth-order valence-electron chi connectivity index (χ4n) is 1.16. The molecular weight excluding hydrogens is 163 g/mol. The molecule has 0 radical (unpaired) electrons. The first-order valence-corrected chi connectivity index (χ1v) is 4.09. The van der Waals surface area contributed by atoms with E-state index in [0.29, 0.717) is 0 Å². The average molecular weight is 176 g/mol. The van der Waals surface area contributed by atoms with Gasteiger partial charge in [0.05, 0.1) is 0 Å². The van der Waals surface area contributed by atoms with Crippen molar-refractivity contribution in [2.45, 2.75) is 0 Å². The number of rotatable bonds is 4. The Morgan fingerprint density at radius 2 is 1.69 bits per heavy atom. The quantitative estimate of drug-likeness (QED) is 0.644. The highest BCUT2D eigenvalue weighted by Crippen LogP contribution is 1.99. The summed E-state index contributed by atoms with van der Waals surface area (Å²) >= 11 is 0. The van der Waals surface area contributed by atoms with Crippen LogP contribution in [0.3, 0.4) is 0 Å². The smallest absolute Gasteiger partial charge is 0.410 e. The summed E-state index contributed by atoms with van der Waals surface area (Å²) in [5.74, 6) is 0. The summed E-state index contributed by atoms with van der Waals surface area (Å²) in [6.45, 7) is 3.68. The first-order chi connectivity index (χ1) is 6.31. The van der Waals surface area contributed by atoms with E-state index in [-0.39, 0.29) is 7.12 Å². The van der Waals surface area contributed by atoms with Crippen LogP contribution in [0.2, 0.25) is 0 Å². The Hall–Kier alpha value is -1.06. The molecule has 2 nitrogen and oxygen atoms in total. The Bertz CT molecular complexity index is 265. The van der Waals surface area contributed by atoms with Gasteiger partial charge < -0.3 is 9.31 Å². The van der Waals surface area contributed by atoms with E-state index in [1.807, 2.05) is 24.3 Å². The van der Waals surface area contributed by atoms with Crippen molar-refractivity contribution in [1.82, 2.24) is 0 Å². The van der Waals surface area contributed by atoms with Crippen LogP contribution in [-0.4, -0.2) is 21.3 Å². The summed E-state index contributed by atoms with van der Waals surface area (Å²) in [6, 6.07) is 7.89. The van der Waals surface area contributed by atoms with Crippen LogP contribution < -0.4 is 5.46 Å². The van der Waals surface area contributed by atoms with Crippen LogP contribution >= 0.6 is 0 Å². The molecule has 68 valence electrons. The topological polar surface area (TPSA) is 18.5 Å². The first kappa shape index (κ1) is 10.0. The Morgan fingerprint density at radius 1 is 1.15 bits per heavy atom. The molecule has 0 saturated carbocycles. The fraction of sp³-hybridized carbons (Fsp3) is 0.200. The second kappa shape index (κ2) is 4.85. The minimum atomic E-state index is -0.279. The van der Waals surface area contributed by atoms with Crippen LogP contribution in [0.15, 0.2) is 30.8 Å². The molecule has 0 atom stereocenters. The molecule has 13 heavy (non-hydrogen) atoms. The standard InChI is InChI=1S/C10H13BO2/c1-4-9-5-7-10(8-6-9)11(12-2)13-3/h4-8H,1H2,2-3H3. The number of benzene rings is 1. The predicted molar refractivity (Wildman–Crippen MR) is 55.9 cm³/mol. The summed E-state index contributed by atoms with van der Waals surface area (Å²) < 4.78 is 10.2. The van der Waals surface area contributed by atoms with E-state index in [9.17, 15) is 0 Å². The highest BCUT2D eigenvalue weighted by molar-refractivity contribution is 6.61. The zero-order valence-electron chi connectivity index (χ0n) is 7.99. The van der Waals surface area contributed by atoms with E-state index in [2.05, 4.69) is 6.58 Å². The summed E-state index contributed by atoms with van der Waals surface area (Å²) in [7, 11) is 2.96. The molecule has 1 aromatic carbocycles. The van der Waals surface area contributed by atoms with E-state index in [1.165, 1.54) is 0 Å². The minimum absolute atomic E-state index is 0.279. The maximum atomic E-state index is 5.11. The average Bonchev–Trinajstić information content (AvgIpc) is 2.21. The molecule has 0 N–H and O–H groups in total. The Morgan fingerprint density at radius 3 is 2.08 bits per heavy atom. The lowest BCUT2D eigenvalue weighted by atomic mass is 9.79. The third kappa shape index (κ3) is 2.44. The van der Waals surface area contributed by atoms with E-state index in [0.717, 1.165) is 11.0 Å². The summed E-state index contributed by atoms with van der Waals surface area (Å²) in [6.07, 6.45) is 1.80. The van der Waals surface area contributed by atoms with Gasteiger partial charge >= 0.3 is 7.12 Å². The van der Waals surface area contributed by atoms with Crippen molar-refractivity contribution in [3.63, 3.8) is 0 Å². The molecule has 0 unspecified atom stereocenters. The Labute approximate surface area is 79.3 Å². The molecule has 0 aliphatic rings. The lowest BCUT2D eigenvalue weighted by molar-refractivity contribution is 0.292. The molecule has 0 bridgehead atoms. The van der Waals surface area contributed by atoms with Crippen LogP contribution in [-0.2, 0) is 9.31 Å². The first-order valence-electron chi connectivity index (χ1n) is 4.09. The molecule has 0 amide bonds. The van der Waals surface area contributed by atoms with Crippen molar-refractivity contribution in [1.29, 1.82) is 0 Å². The lowest BCUT2D eigenvalue weighted by Gasteiger charge is -2.08.